The lowest BCUT2D eigenvalue weighted by atomic mass is 9.89. The zero-order valence-electron chi connectivity index (χ0n) is 20.8. The third-order valence-electron chi connectivity index (χ3n) is 5.85. The van der Waals surface area contributed by atoms with Crippen molar-refractivity contribution in [3.05, 3.63) is 63.8 Å². The molecule has 1 atom stereocenters. The normalized spacial score (nSPS) is 14.9. The van der Waals surface area contributed by atoms with Crippen molar-refractivity contribution in [1.82, 2.24) is 9.78 Å². The maximum Gasteiger partial charge on any atom is 0.586 e. The smallest absolute Gasteiger partial charge is 0.449 e. The summed E-state index contributed by atoms with van der Waals surface area (Å²) in [5, 5.41) is 4.63. The van der Waals surface area contributed by atoms with Crippen LogP contribution in [0.15, 0.2) is 46.9 Å². The Morgan fingerprint density at radius 3 is 2.51 bits per heavy atom. The number of aryl methyl sites for hydroxylation is 1. The van der Waals surface area contributed by atoms with E-state index < -0.39 is 24.2 Å². The number of nitrogens with zero attached hydrogens (tertiary/aromatic N) is 2. The minimum atomic E-state index is -3.83. The third kappa shape index (κ3) is 5.52. The van der Waals surface area contributed by atoms with Gasteiger partial charge in [0.2, 0.25) is 5.78 Å². The first-order valence-electron chi connectivity index (χ1n) is 11.3. The number of Topliss-reactive ketones (excluding diaryl/α,β-unsaturated/α-hetero) is 1. The Balaban J connectivity index is 1.79. The Kier molecular flexibility index (Phi) is 7.13. The number of alkyl halides is 2. The van der Waals surface area contributed by atoms with Gasteiger partial charge in [0.05, 0.1) is 18.0 Å². The molecule has 2 heterocycles. The Morgan fingerprint density at radius 2 is 1.84 bits per heavy atom. The van der Waals surface area contributed by atoms with E-state index in [0.29, 0.717) is 22.3 Å². The number of ketones is 1. The van der Waals surface area contributed by atoms with Gasteiger partial charge in [0.25, 0.3) is 0 Å². The highest BCUT2D eigenvalue weighted by molar-refractivity contribution is 9.10. The van der Waals surface area contributed by atoms with Crippen LogP contribution in [0, 0.1) is 0 Å². The Labute approximate surface area is 220 Å². The molecule has 0 aliphatic carbocycles. The van der Waals surface area contributed by atoms with Gasteiger partial charge in [0, 0.05) is 47.7 Å². The summed E-state index contributed by atoms with van der Waals surface area (Å²) in [5.74, 6) is -1.73. The summed E-state index contributed by atoms with van der Waals surface area (Å²) in [5.41, 5.74) is 1.97. The van der Waals surface area contributed by atoms with Crippen LogP contribution < -0.4 is 9.47 Å². The van der Waals surface area contributed by atoms with Gasteiger partial charge in [-0.2, -0.15) is 5.10 Å². The van der Waals surface area contributed by atoms with E-state index in [2.05, 4.69) is 30.5 Å². The molecule has 0 saturated carbocycles. The van der Waals surface area contributed by atoms with E-state index in [1.807, 2.05) is 19.9 Å². The molecule has 1 aliphatic rings. The van der Waals surface area contributed by atoms with Gasteiger partial charge in [0.15, 0.2) is 17.6 Å². The Bertz CT molecular complexity index is 1370. The van der Waals surface area contributed by atoms with Crippen LogP contribution in [0.5, 0.6) is 11.5 Å². The molecule has 1 unspecified atom stereocenters. The minimum absolute atomic E-state index is 0.151. The molecule has 3 aromatic rings. The maximum absolute atomic E-state index is 13.9. The summed E-state index contributed by atoms with van der Waals surface area (Å²) in [6.45, 7) is 5.59. The fraction of sp³-hybridized carbons (Fsp3) is 0.346. The maximum atomic E-state index is 13.9. The number of halogens is 3. The van der Waals surface area contributed by atoms with Gasteiger partial charge >= 0.3 is 12.3 Å². The highest BCUT2D eigenvalue weighted by Gasteiger charge is 2.44. The number of aromatic nitrogens is 2. The highest BCUT2D eigenvalue weighted by atomic mass is 79.9. The van der Waals surface area contributed by atoms with Crippen molar-refractivity contribution in [3.63, 3.8) is 0 Å². The van der Waals surface area contributed by atoms with Crippen LogP contribution in [-0.2, 0) is 26.7 Å². The van der Waals surface area contributed by atoms with Crippen molar-refractivity contribution < 1.29 is 37.3 Å². The number of benzene rings is 2. The topological polar surface area (TPSA) is 88.9 Å². The molecule has 2 aromatic carbocycles. The van der Waals surface area contributed by atoms with Crippen molar-refractivity contribution >= 4 is 27.7 Å². The zero-order chi connectivity index (χ0) is 27.1. The molecule has 0 saturated heterocycles. The van der Waals surface area contributed by atoms with E-state index in [0.717, 1.165) is 12.6 Å². The second kappa shape index (κ2) is 9.86. The number of esters is 1. The quantitative estimate of drug-likeness (QED) is 0.254. The van der Waals surface area contributed by atoms with Gasteiger partial charge < -0.3 is 18.9 Å². The molecule has 11 heteroatoms. The lowest BCUT2D eigenvalue weighted by Gasteiger charge is -2.20. The van der Waals surface area contributed by atoms with Crippen LogP contribution >= 0.6 is 15.9 Å². The Morgan fingerprint density at radius 1 is 1.14 bits per heavy atom. The second-order valence-corrected chi connectivity index (χ2v) is 10.2. The molecule has 0 amide bonds. The third-order valence-corrected chi connectivity index (χ3v) is 6.34. The summed E-state index contributed by atoms with van der Waals surface area (Å²) in [6, 6.07) is 10.8. The number of methoxy groups -OCH3 is 1. The number of ether oxygens (including phenoxy) is 4. The number of carbonyl (C=O) groups excluding carboxylic acids is 2. The van der Waals surface area contributed by atoms with Crippen LogP contribution in [0.25, 0.3) is 11.3 Å². The first-order valence-corrected chi connectivity index (χ1v) is 12.1. The molecule has 0 N–H and O–H groups in total. The predicted octanol–water partition coefficient (Wildman–Crippen LogP) is 5.58. The number of fused-ring (bicyclic) bond motifs is 1. The number of hydrogen-bond acceptors (Lipinski definition) is 7. The molecule has 0 radical (unpaired) electrons. The van der Waals surface area contributed by atoms with Crippen LogP contribution in [0.2, 0.25) is 0 Å². The van der Waals surface area contributed by atoms with Crippen LogP contribution in [-0.4, -0.2) is 41.5 Å². The fourth-order valence-electron chi connectivity index (χ4n) is 4.14. The molecule has 1 aromatic heterocycles. The molecule has 196 valence electrons. The van der Waals surface area contributed by atoms with E-state index in [1.165, 1.54) is 18.2 Å². The van der Waals surface area contributed by atoms with Crippen molar-refractivity contribution in [2.75, 3.05) is 13.7 Å². The molecule has 0 bridgehead atoms. The molecule has 1 aliphatic heterocycles. The van der Waals surface area contributed by atoms with Crippen LogP contribution in [0.1, 0.15) is 48.5 Å². The van der Waals surface area contributed by atoms with Gasteiger partial charge in [-0.15, -0.1) is 8.78 Å². The molecule has 4 rings (SSSR count). The van der Waals surface area contributed by atoms with Gasteiger partial charge in [-0.1, -0.05) is 41.9 Å². The molecule has 0 fully saturated rings. The fourth-order valence-corrected chi connectivity index (χ4v) is 4.50. The molecule has 0 spiro atoms. The summed E-state index contributed by atoms with van der Waals surface area (Å²) < 4.78 is 49.0. The largest absolute Gasteiger partial charge is 0.586 e. The summed E-state index contributed by atoms with van der Waals surface area (Å²) in [7, 11) is 3.38. The number of rotatable bonds is 8. The Hall–Kier alpha value is -3.31. The first-order chi connectivity index (χ1) is 17.3. The minimum Gasteiger partial charge on any atom is -0.449 e. The van der Waals surface area contributed by atoms with Gasteiger partial charge in [-0.3, -0.25) is 14.3 Å². The molecular formula is C26H25BrF2N2O6. The number of hydrogen-bond donors (Lipinski definition) is 0. The molecule has 8 nitrogen and oxygen atoms in total. The standard InChI is InChI=1S/C26H25BrF2N2O6/c1-14(32)35-24(15-6-9-20-21(10-15)37-26(28,29)36-20)23(33)18-11-16(27)7-8-17(18)19-12-22(30-31(19)4)25(2,3)13-34-5/h6-12,24H,13H2,1-5H3. The number of carbonyl (C=O) groups is 2. The van der Waals surface area contributed by atoms with Crippen molar-refractivity contribution in [2.24, 2.45) is 7.05 Å². The summed E-state index contributed by atoms with van der Waals surface area (Å²) in [4.78, 5) is 25.9. The van der Waals surface area contributed by atoms with Gasteiger partial charge in [-0.25, -0.2) is 0 Å². The molecule has 37 heavy (non-hydrogen) atoms. The lowest BCUT2D eigenvalue weighted by Crippen LogP contribution is -2.26. The summed E-state index contributed by atoms with van der Waals surface area (Å²) >= 11 is 3.40. The van der Waals surface area contributed by atoms with Crippen molar-refractivity contribution in [2.45, 2.75) is 38.6 Å². The van der Waals surface area contributed by atoms with Crippen LogP contribution in [0.4, 0.5) is 8.78 Å². The van der Waals surface area contributed by atoms with E-state index in [-0.39, 0.29) is 28.0 Å². The highest BCUT2D eigenvalue weighted by Crippen LogP contribution is 2.43. The van der Waals surface area contributed by atoms with E-state index in [4.69, 9.17) is 9.47 Å². The van der Waals surface area contributed by atoms with E-state index in [9.17, 15) is 18.4 Å². The predicted molar refractivity (Wildman–Crippen MR) is 133 cm³/mol. The summed E-state index contributed by atoms with van der Waals surface area (Å²) in [6.07, 6.45) is -5.25. The molecular weight excluding hydrogens is 554 g/mol. The van der Waals surface area contributed by atoms with Gasteiger partial charge in [0.1, 0.15) is 0 Å². The van der Waals surface area contributed by atoms with Gasteiger partial charge in [-0.05, 0) is 30.3 Å². The van der Waals surface area contributed by atoms with E-state index >= 15 is 0 Å². The zero-order valence-corrected chi connectivity index (χ0v) is 22.4. The SMILES string of the molecule is COCC(C)(C)c1cc(-c2ccc(Br)cc2C(=O)C(OC(C)=O)c2ccc3c(c2)OC(F)(F)O3)n(C)n1. The second-order valence-electron chi connectivity index (χ2n) is 9.27. The average molecular weight is 579 g/mol. The van der Waals surface area contributed by atoms with Crippen molar-refractivity contribution in [3.8, 4) is 22.8 Å². The van der Waals surface area contributed by atoms with Crippen molar-refractivity contribution in [1.29, 1.82) is 0 Å². The first kappa shape index (κ1) is 26.7. The van der Waals surface area contributed by atoms with Crippen LogP contribution in [0.3, 0.4) is 0 Å². The lowest BCUT2D eigenvalue weighted by molar-refractivity contribution is -0.286. The average Bonchev–Trinajstić information content (AvgIpc) is 3.34. The monoisotopic (exact) mass is 578 g/mol. The van der Waals surface area contributed by atoms with E-state index in [1.54, 1.807) is 37.0 Å².